The average molecular weight is 433 g/mol. The Bertz CT molecular complexity index is 953. The molecular weight excluding hydrogens is 404 g/mol. The number of hydrogen-bond acceptors (Lipinski definition) is 4. The number of nitrogens with zero attached hydrogens (tertiary/aromatic N) is 1. The van der Waals surface area contributed by atoms with Gasteiger partial charge in [-0.05, 0) is 55.7 Å². The third-order valence-electron chi connectivity index (χ3n) is 5.41. The molecule has 2 aromatic carbocycles. The number of likely N-dealkylation sites (tertiary alicyclic amines) is 1. The number of sulfonamides is 1. The van der Waals surface area contributed by atoms with Crippen LogP contribution < -0.4 is 4.72 Å². The molecule has 3 rings (SSSR count). The standard InChI is InChI=1S/C22H28N2O3S2/c1-16-11-13-24(14-12-16)22(25)20-15-19(9-10-21(20)28-3)29(26,27)23-17(2)18-7-5-4-6-8-18/h4-10,15-17,23H,11-14H2,1-3H3/t17-/m0/s1. The normalized spacial score (nSPS) is 16.6. The fraction of sp³-hybridized carbons (Fsp3) is 0.409. The highest BCUT2D eigenvalue weighted by Gasteiger charge is 2.26. The summed E-state index contributed by atoms with van der Waals surface area (Å²) in [6.07, 6.45) is 3.86. The average Bonchev–Trinajstić information content (AvgIpc) is 2.73. The minimum atomic E-state index is -3.76. The van der Waals surface area contributed by atoms with Gasteiger partial charge in [-0.1, -0.05) is 37.3 Å². The van der Waals surface area contributed by atoms with E-state index in [2.05, 4.69) is 11.6 Å². The van der Waals surface area contributed by atoms with E-state index in [1.165, 1.54) is 17.8 Å². The topological polar surface area (TPSA) is 66.5 Å². The quantitative estimate of drug-likeness (QED) is 0.691. The number of amides is 1. The molecule has 0 unspecified atom stereocenters. The highest BCUT2D eigenvalue weighted by molar-refractivity contribution is 7.98. The van der Waals surface area contributed by atoms with Gasteiger partial charge in [0, 0.05) is 24.0 Å². The van der Waals surface area contributed by atoms with Crippen LogP contribution in [0.5, 0.6) is 0 Å². The van der Waals surface area contributed by atoms with E-state index in [4.69, 9.17) is 0 Å². The van der Waals surface area contributed by atoms with Crippen molar-refractivity contribution in [2.45, 2.75) is 42.5 Å². The predicted molar refractivity (Wildman–Crippen MR) is 118 cm³/mol. The molecule has 5 nitrogen and oxygen atoms in total. The number of carbonyl (C=O) groups excluding carboxylic acids is 1. The SMILES string of the molecule is CSc1ccc(S(=O)(=O)N[C@@H](C)c2ccccc2)cc1C(=O)N1CCC(C)CC1. The van der Waals surface area contributed by atoms with Crippen LogP contribution in [0.4, 0.5) is 0 Å². The fourth-order valence-electron chi connectivity index (χ4n) is 3.51. The smallest absolute Gasteiger partial charge is 0.255 e. The van der Waals surface area contributed by atoms with E-state index < -0.39 is 10.0 Å². The molecule has 156 valence electrons. The van der Waals surface area contributed by atoms with Crippen LogP contribution >= 0.6 is 11.8 Å². The van der Waals surface area contributed by atoms with E-state index in [0.29, 0.717) is 24.6 Å². The lowest BCUT2D eigenvalue weighted by molar-refractivity contribution is 0.0693. The maximum atomic E-state index is 13.1. The maximum Gasteiger partial charge on any atom is 0.255 e. The number of hydrogen-bond donors (Lipinski definition) is 1. The Balaban J connectivity index is 1.86. The van der Waals surface area contributed by atoms with Crippen LogP contribution in [-0.4, -0.2) is 38.6 Å². The molecular formula is C22H28N2O3S2. The van der Waals surface area contributed by atoms with Crippen LogP contribution in [0.1, 0.15) is 48.7 Å². The van der Waals surface area contributed by atoms with Gasteiger partial charge in [0.2, 0.25) is 10.0 Å². The van der Waals surface area contributed by atoms with Gasteiger partial charge < -0.3 is 4.90 Å². The van der Waals surface area contributed by atoms with Gasteiger partial charge in [-0.3, -0.25) is 4.79 Å². The van der Waals surface area contributed by atoms with Crippen molar-refractivity contribution in [1.82, 2.24) is 9.62 Å². The number of rotatable bonds is 6. The lowest BCUT2D eigenvalue weighted by Gasteiger charge is -2.31. The summed E-state index contributed by atoms with van der Waals surface area (Å²) >= 11 is 1.46. The van der Waals surface area contributed by atoms with E-state index in [9.17, 15) is 13.2 Å². The number of carbonyl (C=O) groups is 1. The monoisotopic (exact) mass is 432 g/mol. The van der Waals surface area contributed by atoms with Crippen LogP contribution in [0, 0.1) is 5.92 Å². The van der Waals surface area contributed by atoms with E-state index in [0.717, 1.165) is 23.3 Å². The summed E-state index contributed by atoms with van der Waals surface area (Å²) in [5, 5.41) is 0. The summed E-state index contributed by atoms with van der Waals surface area (Å²) in [7, 11) is -3.76. The first kappa shape index (κ1) is 21.9. The predicted octanol–water partition coefficient (Wildman–Crippen LogP) is 4.32. The van der Waals surface area contributed by atoms with Gasteiger partial charge in [-0.15, -0.1) is 11.8 Å². The van der Waals surface area contributed by atoms with Gasteiger partial charge in [-0.2, -0.15) is 0 Å². The van der Waals surface area contributed by atoms with Crippen molar-refractivity contribution in [3.63, 3.8) is 0 Å². The van der Waals surface area contributed by atoms with E-state index in [-0.39, 0.29) is 16.8 Å². The Morgan fingerprint density at radius 3 is 2.41 bits per heavy atom. The van der Waals surface area contributed by atoms with Crippen molar-refractivity contribution < 1.29 is 13.2 Å². The van der Waals surface area contributed by atoms with Gasteiger partial charge in [0.25, 0.3) is 5.91 Å². The summed E-state index contributed by atoms with van der Waals surface area (Å²) in [5.74, 6) is 0.531. The molecule has 1 fully saturated rings. The molecule has 1 saturated heterocycles. The largest absolute Gasteiger partial charge is 0.339 e. The molecule has 0 aliphatic carbocycles. The second-order valence-electron chi connectivity index (χ2n) is 7.59. The number of thioether (sulfide) groups is 1. The molecule has 0 spiro atoms. The highest BCUT2D eigenvalue weighted by atomic mass is 32.2. The lowest BCUT2D eigenvalue weighted by Crippen LogP contribution is -2.38. The number of nitrogens with one attached hydrogen (secondary N) is 1. The minimum absolute atomic E-state index is 0.0885. The summed E-state index contributed by atoms with van der Waals surface area (Å²) in [6, 6.07) is 13.9. The zero-order chi connectivity index (χ0) is 21.0. The Morgan fingerprint density at radius 1 is 1.14 bits per heavy atom. The molecule has 1 amide bonds. The van der Waals surface area contributed by atoms with Crippen LogP contribution in [0.25, 0.3) is 0 Å². The van der Waals surface area contributed by atoms with Crippen LogP contribution in [-0.2, 0) is 10.0 Å². The van der Waals surface area contributed by atoms with Crippen molar-refractivity contribution in [3.8, 4) is 0 Å². The molecule has 1 N–H and O–H groups in total. The zero-order valence-corrected chi connectivity index (χ0v) is 18.7. The first-order valence-corrected chi connectivity index (χ1v) is 12.6. The van der Waals surface area contributed by atoms with E-state index in [1.807, 2.05) is 48.4 Å². The molecule has 1 heterocycles. The Morgan fingerprint density at radius 2 is 1.79 bits per heavy atom. The number of piperidine rings is 1. The molecule has 1 atom stereocenters. The summed E-state index contributed by atoms with van der Waals surface area (Å²) in [5.41, 5.74) is 1.35. The molecule has 2 aromatic rings. The molecule has 0 aromatic heterocycles. The third-order valence-corrected chi connectivity index (χ3v) is 7.75. The van der Waals surface area contributed by atoms with Crippen molar-refractivity contribution >= 4 is 27.7 Å². The van der Waals surface area contributed by atoms with Gasteiger partial charge >= 0.3 is 0 Å². The van der Waals surface area contributed by atoms with Crippen molar-refractivity contribution in [3.05, 3.63) is 59.7 Å². The molecule has 29 heavy (non-hydrogen) atoms. The van der Waals surface area contributed by atoms with Crippen LogP contribution in [0.15, 0.2) is 58.3 Å². The van der Waals surface area contributed by atoms with Crippen LogP contribution in [0.3, 0.4) is 0 Å². The van der Waals surface area contributed by atoms with Gasteiger partial charge in [0.1, 0.15) is 0 Å². The second-order valence-corrected chi connectivity index (χ2v) is 10.2. The molecule has 0 bridgehead atoms. The van der Waals surface area contributed by atoms with Crippen molar-refractivity contribution in [2.75, 3.05) is 19.3 Å². The van der Waals surface area contributed by atoms with E-state index >= 15 is 0 Å². The number of benzene rings is 2. The second kappa shape index (κ2) is 9.32. The summed E-state index contributed by atoms with van der Waals surface area (Å²) in [4.78, 5) is 15.9. The van der Waals surface area contributed by atoms with Crippen molar-refractivity contribution in [2.24, 2.45) is 5.92 Å². The molecule has 0 saturated carbocycles. The summed E-state index contributed by atoms with van der Waals surface area (Å²) < 4.78 is 28.7. The lowest BCUT2D eigenvalue weighted by atomic mass is 9.98. The van der Waals surface area contributed by atoms with Crippen LogP contribution in [0.2, 0.25) is 0 Å². The fourth-order valence-corrected chi connectivity index (χ4v) is 5.34. The van der Waals surface area contributed by atoms with Gasteiger partial charge in [0.05, 0.1) is 10.5 Å². The molecule has 1 aliphatic heterocycles. The molecule has 1 aliphatic rings. The maximum absolute atomic E-state index is 13.1. The Kier molecular flexibility index (Phi) is 7.03. The zero-order valence-electron chi connectivity index (χ0n) is 17.1. The van der Waals surface area contributed by atoms with Gasteiger partial charge in [0.15, 0.2) is 0 Å². The van der Waals surface area contributed by atoms with E-state index in [1.54, 1.807) is 12.1 Å². The Hall–Kier alpha value is -1.83. The third kappa shape index (κ3) is 5.21. The molecule has 7 heteroatoms. The first-order valence-electron chi connectivity index (χ1n) is 9.86. The first-order chi connectivity index (χ1) is 13.8. The highest BCUT2D eigenvalue weighted by Crippen LogP contribution is 2.27. The Labute approximate surface area is 177 Å². The van der Waals surface area contributed by atoms with Crippen molar-refractivity contribution in [1.29, 1.82) is 0 Å². The summed E-state index contributed by atoms with van der Waals surface area (Å²) in [6.45, 7) is 5.44. The van der Waals surface area contributed by atoms with Gasteiger partial charge in [-0.25, -0.2) is 13.1 Å². The minimum Gasteiger partial charge on any atom is -0.339 e. The molecule has 0 radical (unpaired) electrons.